The third-order valence-corrected chi connectivity index (χ3v) is 3.24. The van der Waals surface area contributed by atoms with E-state index in [1.54, 1.807) is 4.90 Å². The average molecular weight is 228 g/mol. The van der Waals surface area contributed by atoms with Gasteiger partial charge in [0, 0.05) is 26.1 Å². The maximum atomic E-state index is 11.9. The van der Waals surface area contributed by atoms with Crippen LogP contribution < -0.4 is 5.32 Å². The molecule has 94 valence electrons. The van der Waals surface area contributed by atoms with Crippen molar-refractivity contribution in [3.8, 4) is 0 Å². The summed E-state index contributed by atoms with van der Waals surface area (Å²) < 4.78 is 0. The zero-order valence-electron chi connectivity index (χ0n) is 10.6. The average Bonchev–Trinajstić information content (AvgIpc) is 2.22. The number of hydrogen-bond donors (Lipinski definition) is 2. The van der Waals surface area contributed by atoms with Gasteiger partial charge >= 0.3 is 0 Å². The molecule has 1 aliphatic carbocycles. The van der Waals surface area contributed by atoms with Gasteiger partial charge in [0.25, 0.3) is 0 Å². The molecule has 1 atom stereocenters. The molecule has 0 heterocycles. The normalized spacial score (nSPS) is 26.0. The van der Waals surface area contributed by atoms with E-state index in [4.69, 9.17) is 0 Å². The Morgan fingerprint density at radius 1 is 1.56 bits per heavy atom. The fraction of sp³-hybridized carbons (Fsp3) is 0.917. The minimum atomic E-state index is -0.132. The van der Waals surface area contributed by atoms with Gasteiger partial charge in [-0.25, -0.2) is 0 Å². The van der Waals surface area contributed by atoms with Gasteiger partial charge < -0.3 is 15.3 Å². The monoisotopic (exact) mass is 228 g/mol. The first-order valence-electron chi connectivity index (χ1n) is 6.18. The number of rotatable bonds is 6. The highest BCUT2D eigenvalue weighted by Crippen LogP contribution is 2.27. The van der Waals surface area contributed by atoms with Crippen LogP contribution >= 0.6 is 0 Å². The maximum absolute atomic E-state index is 11.9. The van der Waals surface area contributed by atoms with Crippen molar-refractivity contribution in [3.05, 3.63) is 0 Å². The number of nitrogens with zero attached hydrogens (tertiary/aromatic N) is 1. The maximum Gasteiger partial charge on any atom is 0.226 e. The molecule has 0 aromatic carbocycles. The zero-order valence-corrected chi connectivity index (χ0v) is 10.6. The number of aliphatic hydroxyl groups is 1. The molecule has 0 saturated heterocycles. The van der Waals surface area contributed by atoms with E-state index in [0.29, 0.717) is 5.92 Å². The second kappa shape index (κ2) is 6.21. The molecule has 0 aromatic rings. The molecule has 0 radical (unpaired) electrons. The molecule has 1 amide bonds. The number of amides is 1. The van der Waals surface area contributed by atoms with E-state index in [9.17, 15) is 9.90 Å². The minimum absolute atomic E-state index is 0.0370. The number of aliphatic hydroxyl groups excluding tert-OH is 1. The molecule has 1 fully saturated rings. The first kappa shape index (κ1) is 13.5. The Morgan fingerprint density at radius 3 is 2.69 bits per heavy atom. The van der Waals surface area contributed by atoms with Crippen LogP contribution in [0.2, 0.25) is 0 Å². The van der Waals surface area contributed by atoms with Crippen LogP contribution in [0.5, 0.6) is 0 Å². The Labute approximate surface area is 98.0 Å². The van der Waals surface area contributed by atoms with Gasteiger partial charge in [-0.2, -0.15) is 0 Å². The van der Waals surface area contributed by atoms with Crippen LogP contribution in [-0.4, -0.2) is 48.7 Å². The van der Waals surface area contributed by atoms with Crippen LogP contribution in [-0.2, 0) is 4.79 Å². The van der Waals surface area contributed by atoms with Crippen molar-refractivity contribution in [2.24, 2.45) is 11.8 Å². The molecular weight excluding hydrogens is 204 g/mol. The summed E-state index contributed by atoms with van der Waals surface area (Å²) in [5.41, 5.74) is 0. The standard InChI is InChI=1S/C12H24N2O2/c1-4-13-7-9(2)12(16)14(3)8-10-5-11(15)6-10/h9-11,13,15H,4-8H2,1-3H3. The summed E-state index contributed by atoms with van der Waals surface area (Å²) in [4.78, 5) is 13.7. The van der Waals surface area contributed by atoms with Gasteiger partial charge in [-0.1, -0.05) is 13.8 Å². The predicted octanol–water partition coefficient (Wildman–Crippen LogP) is 0.461. The molecular formula is C12H24N2O2. The number of carbonyl (C=O) groups excluding carboxylic acids is 1. The van der Waals surface area contributed by atoms with Gasteiger partial charge in [0.15, 0.2) is 0 Å². The molecule has 0 bridgehead atoms. The lowest BCUT2D eigenvalue weighted by Crippen LogP contribution is -2.43. The fourth-order valence-electron chi connectivity index (χ4n) is 2.15. The molecule has 16 heavy (non-hydrogen) atoms. The van der Waals surface area contributed by atoms with Crippen molar-refractivity contribution in [1.29, 1.82) is 0 Å². The molecule has 1 saturated carbocycles. The van der Waals surface area contributed by atoms with Gasteiger partial charge in [0.2, 0.25) is 5.91 Å². The molecule has 1 rings (SSSR count). The van der Waals surface area contributed by atoms with Crippen molar-refractivity contribution in [3.63, 3.8) is 0 Å². The van der Waals surface area contributed by atoms with Crippen molar-refractivity contribution in [1.82, 2.24) is 10.2 Å². The van der Waals surface area contributed by atoms with Crippen molar-refractivity contribution in [2.45, 2.75) is 32.8 Å². The lowest BCUT2D eigenvalue weighted by molar-refractivity contribution is -0.135. The second-order valence-corrected chi connectivity index (χ2v) is 4.92. The highest BCUT2D eigenvalue weighted by molar-refractivity contribution is 5.78. The number of hydrogen-bond acceptors (Lipinski definition) is 3. The largest absolute Gasteiger partial charge is 0.393 e. The van der Waals surface area contributed by atoms with E-state index in [1.165, 1.54) is 0 Å². The lowest BCUT2D eigenvalue weighted by Gasteiger charge is -2.35. The Kier molecular flexibility index (Phi) is 5.22. The van der Waals surface area contributed by atoms with Crippen molar-refractivity contribution >= 4 is 5.91 Å². The number of nitrogens with one attached hydrogen (secondary N) is 1. The summed E-state index contributed by atoms with van der Waals surface area (Å²) in [5.74, 6) is 0.729. The van der Waals surface area contributed by atoms with Crippen LogP contribution in [0, 0.1) is 11.8 Å². The van der Waals surface area contributed by atoms with Crippen LogP contribution in [0.1, 0.15) is 26.7 Å². The molecule has 4 heteroatoms. The first-order chi connectivity index (χ1) is 7.54. The molecule has 0 aromatic heterocycles. The molecule has 1 unspecified atom stereocenters. The predicted molar refractivity (Wildman–Crippen MR) is 64.1 cm³/mol. The molecule has 2 N–H and O–H groups in total. The smallest absolute Gasteiger partial charge is 0.226 e. The third kappa shape index (κ3) is 3.76. The highest BCUT2D eigenvalue weighted by atomic mass is 16.3. The number of carbonyl (C=O) groups is 1. The van der Waals surface area contributed by atoms with E-state index in [2.05, 4.69) is 5.32 Å². The van der Waals surface area contributed by atoms with Crippen LogP contribution in [0.15, 0.2) is 0 Å². The first-order valence-corrected chi connectivity index (χ1v) is 6.18. The van der Waals surface area contributed by atoms with E-state index < -0.39 is 0 Å². The SMILES string of the molecule is CCNCC(C)C(=O)N(C)CC1CC(O)C1. The summed E-state index contributed by atoms with van der Waals surface area (Å²) in [6, 6.07) is 0. The van der Waals surface area contributed by atoms with E-state index in [-0.39, 0.29) is 17.9 Å². The van der Waals surface area contributed by atoms with Gasteiger partial charge in [-0.15, -0.1) is 0 Å². The summed E-state index contributed by atoms with van der Waals surface area (Å²) in [6.45, 7) is 6.42. The summed E-state index contributed by atoms with van der Waals surface area (Å²) >= 11 is 0. The molecule has 4 nitrogen and oxygen atoms in total. The van der Waals surface area contributed by atoms with Crippen molar-refractivity contribution < 1.29 is 9.90 Å². The van der Waals surface area contributed by atoms with Crippen LogP contribution in [0.3, 0.4) is 0 Å². The Hall–Kier alpha value is -0.610. The second-order valence-electron chi connectivity index (χ2n) is 4.92. The Bertz CT molecular complexity index is 227. The molecule has 1 aliphatic rings. The van der Waals surface area contributed by atoms with Gasteiger partial charge in [0.05, 0.1) is 6.10 Å². The quantitative estimate of drug-likeness (QED) is 0.694. The van der Waals surface area contributed by atoms with Crippen LogP contribution in [0.25, 0.3) is 0 Å². The minimum Gasteiger partial charge on any atom is -0.393 e. The van der Waals surface area contributed by atoms with Gasteiger partial charge in [0.1, 0.15) is 0 Å². The van der Waals surface area contributed by atoms with E-state index >= 15 is 0 Å². The van der Waals surface area contributed by atoms with E-state index in [0.717, 1.165) is 32.5 Å². The summed E-state index contributed by atoms with van der Waals surface area (Å²) in [5, 5.41) is 12.4. The van der Waals surface area contributed by atoms with E-state index in [1.807, 2.05) is 20.9 Å². The summed E-state index contributed by atoms with van der Waals surface area (Å²) in [6.07, 6.45) is 1.56. The fourth-order valence-corrected chi connectivity index (χ4v) is 2.15. The van der Waals surface area contributed by atoms with Gasteiger partial charge in [-0.3, -0.25) is 4.79 Å². The van der Waals surface area contributed by atoms with Crippen LogP contribution in [0.4, 0.5) is 0 Å². The Balaban J connectivity index is 2.24. The Morgan fingerprint density at radius 2 is 2.19 bits per heavy atom. The molecule has 0 aliphatic heterocycles. The highest BCUT2D eigenvalue weighted by Gasteiger charge is 2.29. The summed E-state index contributed by atoms with van der Waals surface area (Å²) in [7, 11) is 1.86. The third-order valence-electron chi connectivity index (χ3n) is 3.24. The molecule has 0 spiro atoms. The zero-order chi connectivity index (χ0) is 12.1. The van der Waals surface area contributed by atoms with Crippen molar-refractivity contribution in [2.75, 3.05) is 26.7 Å². The lowest BCUT2D eigenvalue weighted by atomic mass is 9.82. The topological polar surface area (TPSA) is 52.6 Å². The van der Waals surface area contributed by atoms with Gasteiger partial charge in [-0.05, 0) is 25.3 Å².